The molecule has 1 N–H and O–H groups in total. The number of nitrogens with one attached hydrogen (secondary N) is 1. The summed E-state index contributed by atoms with van der Waals surface area (Å²) in [4.78, 5) is 14.0. The molecule has 0 aliphatic carbocycles. The lowest BCUT2D eigenvalue weighted by molar-refractivity contribution is -0.119. The highest BCUT2D eigenvalue weighted by atomic mass is 32.2. The van der Waals surface area contributed by atoms with Crippen LogP contribution in [0.1, 0.15) is 31.2 Å². The zero-order chi connectivity index (χ0) is 20.3. The normalized spacial score (nSPS) is 17.1. The molecule has 4 rings (SSSR count). The van der Waals surface area contributed by atoms with Gasteiger partial charge in [-0.15, -0.1) is 0 Å². The Labute approximate surface area is 170 Å². The van der Waals surface area contributed by atoms with E-state index >= 15 is 0 Å². The van der Waals surface area contributed by atoms with Crippen molar-refractivity contribution in [1.29, 1.82) is 0 Å². The van der Waals surface area contributed by atoms with Gasteiger partial charge in [-0.05, 0) is 42.7 Å². The van der Waals surface area contributed by atoms with Gasteiger partial charge in [-0.1, -0.05) is 12.1 Å². The summed E-state index contributed by atoms with van der Waals surface area (Å²) in [5, 5.41) is 0. The van der Waals surface area contributed by atoms with E-state index in [4.69, 9.17) is 9.47 Å². The number of ether oxygens (including phenoxy) is 2. The van der Waals surface area contributed by atoms with Crippen molar-refractivity contribution in [2.75, 3.05) is 24.7 Å². The topological polar surface area (TPSA) is 84.9 Å². The van der Waals surface area contributed by atoms with E-state index in [0.29, 0.717) is 37.7 Å². The van der Waals surface area contributed by atoms with E-state index in [-0.39, 0.29) is 17.3 Å². The van der Waals surface area contributed by atoms with Gasteiger partial charge in [0, 0.05) is 37.7 Å². The summed E-state index contributed by atoms with van der Waals surface area (Å²) in [6.07, 6.45) is 3.21. The smallest absolute Gasteiger partial charge is 0.241 e. The molecule has 2 heterocycles. The molecule has 2 aromatic carbocycles. The largest absolute Gasteiger partial charge is 0.490 e. The second-order valence-electron chi connectivity index (χ2n) is 7.16. The maximum absolute atomic E-state index is 12.7. The highest BCUT2D eigenvalue weighted by molar-refractivity contribution is 7.89. The van der Waals surface area contributed by atoms with Crippen LogP contribution in [0.5, 0.6) is 11.5 Å². The molecule has 0 saturated carbocycles. The molecule has 7 nitrogen and oxygen atoms in total. The maximum Gasteiger partial charge on any atom is 0.241 e. The summed E-state index contributed by atoms with van der Waals surface area (Å²) in [7, 11) is -3.72. The molecule has 8 heteroatoms. The van der Waals surface area contributed by atoms with Crippen LogP contribution >= 0.6 is 0 Å². The molecule has 29 heavy (non-hydrogen) atoms. The van der Waals surface area contributed by atoms with Gasteiger partial charge in [-0.2, -0.15) is 0 Å². The Hall–Kier alpha value is -2.58. The zero-order valence-electron chi connectivity index (χ0n) is 16.1. The van der Waals surface area contributed by atoms with Gasteiger partial charge in [-0.3, -0.25) is 4.79 Å². The highest BCUT2D eigenvalue weighted by Crippen LogP contribution is 2.32. The molecule has 154 valence electrons. The molecule has 0 atom stereocenters. The summed E-state index contributed by atoms with van der Waals surface area (Å²) < 4.78 is 39.3. The molecule has 1 fully saturated rings. The van der Waals surface area contributed by atoms with Crippen LogP contribution < -0.4 is 19.1 Å². The van der Waals surface area contributed by atoms with Crippen molar-refractivity contribution in [2.24, 2.45) is 0 Å². The van der Waals surface area contributed by atoms with Crippen LogP contribution in [0.3, 0.4) is 0 Å². The number of hydrogen-bond donors (Lipinski definition) is 1. The number of carbonyl (C=O) groups excluding carboxylic acids is 1. The van der Waals surface area contributed by atoms with E-state index in [1.165, 1.54) is 12.1 Å². The summed E-state index contributed by atoms with van der Waals surface area (Å²) in [6, 6.07) is 12.1. The van der Waals surface area contributed by atoms with Gasteiger partial charge in [0.2, 0.25) is 15.9 Å². The number of sulfonamides is 1. The lowest BCUT2D eigenvalue weighted by atomic mass is 10.1. The number of fused-ring (bicyclic) bond motifs is 1. The molecular formula is C21H24N2O5S. The molecule has 0 aromatic heterocycles. The first-order valence-electron chi connectivity index (χ1n) is 9.81. The van der Waals surface area contributed by atoms with Gasteiger partial charge >= 0.3 is 0 Å². The number of amides is 1. The summed E-state index contributed by atoms with van der Waals surface area (Å²) in [5.41, 5.74) is 1.60. The lowest BCUT2D eigenvalue weighted by Gasteiger charge is -2.27. The fourth-order valence-electron chi connectivity index (χ4n) is 3.49. The molecule has 1 saturated heterocycles. The highest BCUT2D eigenvalue weighted by Gasteiger charge is 2.21. The van der Waals surface area contributed by atoms with E-state index in [1.54, 1.807) is 11.0 Å². The van der Waals surface area contributed by atoms with Crippen molar-refractivity contribution in [1.82, 2.24) is 4.72 Å². The Kier molecular flexibility index (Phi) is 5.73. The van der Waals surface area contributed by atoms with Crippen LogP contribution in [0.4, 0.5) is 5.69 Å². The van der Waals surface area contributed by atoms with Gasteiger partial charge < -0.3 is 14.4 Å². The number of hydrogen-bond acceptors (Lipinski definition) is 5. The predicted octanol–water partition coefficient (Wildman–Crippen LogP) is 2.84. The maximum atomic E-state index is 12.7. The van der Waals surface area contributed by atoms with Crippen molar-refractivity contribution in [3.8, 4) is 11.5 Å². The van der Waals surface area contributed by atoms with E-state index < -0.39 is 10.0 Å². The van der Waals surface area contributed by atoms with Crippen LogP contribution in [-0.2, 0) is 21.4 Å². The molecule has 0 radical (unpaired) electrons. The summed E-state index contributed by atoms with van der Waals surface area (Å²) in [6.45, 7) is 1.87. The monoisotopic (exact) mass is 416 g/mol. The quantitative estimate of drug-likeness (QED) is 0.810. The Bertz CT molecular complexity index is 1010. The predicted molar refractivity (Wildman–Crippen MR) is 109 cm³/mol. The van der Waals surface area contributed by atoms with Gasteiger partial charge in [0.25, 0.3) is 0 Å². The third-order valence-corrected chi connectivity index (χ3v) is 6.44. The molecule has 2 aliphatic heterocycles. The molecule has 0 spiro atoms. The lowest BCUT2D eigenvalue weighted by Crippen LogP contribution is -2.35. The third kappa shape index (κ3) is 4.54. The summed E-state index contributed by atoms with van der Waals surface area (Å²) in [5.74, 6) is 1.11. The Morgan fingerprint density at radius 2 is 1.79 bits per heavy atom. The molecule has 0 unspecified atom stereocenters. The fourth-order valence-corrected chi connectivity index (χ4v) is 4.52. The van der Waals surface area contributed by atoms with Gasteiger partial charge in [0.05, 0.1) is 18.1 Å². The number of rotatable bonds is 5. The first-order valence-corrected chi connectivity index (χ1v) is 11.3. The Balaban J connectivity index is 1.48. The van der Waals surface area contributed by atoms with Crippen LogP contribution in [0, 0.1) is 0 Å². The SMILES string of the molecule is O=C1CCCCN1c1cccc(CNS(=O)(=O)c2ccc3c(c2)OCCCO3)c1. The van der Waals surface area contributed by atoms with Crippen molar-refractivity contribution in [3.63, 3.8) is 0 Å². The number of carbonyl (C=O) groups is 1. The van der Waals surface area contributed by atoms with E-state index in [2.05, 4.69) is 4.72 Å². The van der Waals surface area contributed by atoms with Crippen LogP contribution in [0.15, 0.2) is 47.4 Å². The minimum atomic E-state index is -3.72. The van der Waals surface area contributed by atoms with Crippen LogP contribution in [-0.4, -0.2) is 34.1 Å². The van der Waals surface area contributed by atoms with Gasteiger partial charge in [0.15, 0.2) is 11.5 Å². The van der Waals surface area contributed by atoms with E-state index in [9.17, 15) is 13.2 Å². The molecular weight excluding hydrogens is 392 g/mol. The fraction of sp³-hybridized carbons (Fsp3) is 0.381. The number of benzene rings is 2. The minimum absolute atomic E-state index is 0.112. The first-order chi connectivity index (χ1) is 14.0. The average Bonchev–Trinajstić information content (AvgIpc) is 2.98. The average molecular weight is 416 g/mol. The summed E-state index contributed by atoms with van der Waals surface area (Å²) >= 11 is 0. The van der Waals surface area contributed by atoms with Crippen LogP contribution in [0.25, 0.3) is 0 Å². The van der Waals surface area contributed by atoms with Crippen molar-refractivity contribution in [3.05, 3.63) is 48.0 Å². The third-order valence-electron chi connectivity index (χ3n) is 5.04. The molecule has 1 amide bonds. The van der Waals surface area contributed by atoms with Gasteiger partial charge in [0.1, 0.15) is 0 Å². The number of nitrogens with zero attached hydrogens (tertiary/aromatic N) is 1. The van der Waals surface area contributed by atoms with E-state index in [0.717, 1.165) is 30.5 Å². The Morgan fingerprint density at radius 1 is 0.966 bits per heavy atom. The molecule has 2 aliphatic rings. The second-order valence-corrected chi connectivity index (χ2v) is 8.92. The van der Waals surface area contributed by atoms with Crippen molar-refractivity contribution < 1.29 is 22.7 Å². The molecule has 0 bridgehead atoms. The van der Waals surface area contributed by atoms with Crippen molar-refractivity contribution in [2.45, 2.75) is 37.1 Å². The van der Waals surface area contributed by atoms with Gasteiger partial charge in [-0.25, -0.2) is 13.1 Å². The number of piperidine rings is 1. The minimum Gasteiger partial charge on any atom is -0.490 e. The standard InChI is InChI=1S/C21H24N2O5S/c24-21-7-1-2-10-23(21)17-6-3-5-16(13-17)15-22-29(25,26)18-8-9-19-20(14-18)28-12-4-11-27-19/h3,5-6,8-9,13-14,22H,1-2,4,7,10-12,15H2. The second kappa shape index (κ2) is 8.42. The molecule has 2 aromatic rings. The van der Waals surface area contributed by atoms with E-state index in [1.807, 2.05) is 24.3 Å². The van der Waals surface area contributed by atoms with Crippen LogP contribution in [0.2, 0.25) is 0 Å². The van der Waals surface area contributed by atoms with Crippen molar-refractivity contribution >= 4 is 21.6 Å². The number of anilines is 1. The Morgan fingerprint density at radius 3 is 2.62 bits per heavy atom. The first kappa shape index (κ1) is 19.7. The zero-order valence-corrected chi connectivity index (χ0v) is 16.9.